The Balaban J connectivity index is 1.97. The predicted molar refractivity (Wildman–Crippen MR) is 88.1 cm³/mol. The molecule has 0 aliphatic heterocycles. The number of nitrogens with zero attached hydrogens (tertiary/aromatic N) is 2. The van der Waals surface area contributed by atoms with Gasteiger partial charge in [-0.1, -0.05) is 23.5 Å². The van der Waals surface area contributed by atoms with Gasteiger partial charge in [0.15, 0.2) is 5.13 Å². The number of nitrogens with two attached hydrogens (primary N) is 1. The minimum Gasteiger partial charge on any atom is -0.399 e. The van der Waals surface area contributed by atoms with E-state index >= 15 is 0 Å². The molecule has 0 aliphatic rings. The Bertz CT molecular complexity index is 748. The molecule has 20 heavy (non-hydrogen) atoms. The van der Waals surface area contributed by atoms with Crippen molar-refractivity contribution in [3.05, 3.63) is 42.5 Å². The van der Waals surface area contributed by atoms with E-state index in [0.29, 0.717) is 0 Å². The van der Waals surface area contributed by atoms with Crippen LogP contribution in [0.5, 0.6) is 0 Å². The molecule has 5 heteroatoms. The van der Waals surface area contributed by atoms with Gasteiger partial charge < -0.3 is 16.0 Å². The van der Waals surface area contributed by atoms with Crippen molar-refractivity contribution in [2.75, 3.05) is 30.0 Å². The minimum atomic E-state index is 0.765. The van der Waals surface area contributed by atoms with Gasteiger partial charge in [0.05, 0.1) is 21.6 Å². The fraction of sp³-hybridized carbons (Fsp3) is 0.133. The Hall–Kier alpha value is -2.27. The molecule has 0 radical (unpaired) electrons. The molecule has 0 saturated carbocycles. The molecule has 3 rings (SSSR count). The largest absolute Gasteiger partial charge is 0.399 e. The van der Waals surface area contributed by atoms with Crippen molar-refractivity contribution in [3.8, 4) is 0 Å². The number of aromatic nitrogens is 1. The van der Waals surface area contributed by atoms with E-state index in [4.69, 9.17) is 5.73 Å². The predicted octanol–water partition coefficient (Wildman–Crippen LogP) is 3.69. The van der Waals surface area contributed by atoms with Crippen molar-refractivity contribution in [1.82, 2.24) is 4.98 Å². The molecule has 0 unspecified atom stereocenters. The quantitative estimate of drug-likeness (QED) is 0.720. The van der Waals surface area contributed by atoms with Crippen molar-refractivity contribution >= 4 is 43.7 Å². The summed E-state index contributed by atoms with van der Waals surface area (Å²) in [5, 5.41) is 4.26. The van der Waals surface area contributed by atoms with E-state index < -0.39 is 0 Å². The van der Waals surface area contributed by atoms with Gasteiger partial charge in [-0.25, -0.2) is 4.98 Å². The molecular weight excluding hydrogens is 268 g/mol. The third-order valence-corrected chi connectivity index (χ3v) is 3.97. The lowest BCUT2D eigenvalue weighted by atomic mass is 10.2. The number of hydrogen-bond donors (Lipinski definition) is 2. The standard InChI is InChI=1S/C15H16N4S/c1-19(2)13-6-4-3-5-11(13)17-15-18-12-8-7-10(16)9-14(12)20-15/h3-9H,16H2,1-2H3,(H,17,18). The summed E-state index contributed by atoms with van der Waals surface area (Å²) in [5.41, 5.74) is 9.71. The monoisotopic (exact) mass is 284 g/mol. The number of anilines is 4. The van der Waals surface area contributed by atoms with Gasteiger partial charge in [-0.15, -0.1) is 0 Å². The fourth-order valence-electron chi connectivity index (χ4n) is 2.08. The molecule has 1 aromatic heterocycles. The molecule has 3 aromatic rings. The Morgan fingerprint density at radius 1 is 1.15 bits per heavy atom. The molecule has 0 aliphatic carbocycles. The lowest BCUT2D eigenvalue weighted by molar-refractivity contribution is 1.13. The third-order valence-electron chi connectivity index (χ3n) is 3.04. The van der Waals surface area contributed by atoms with E-state index in [2.05, 4.69) is 27.3 Å². The number of benzene rings is 2. The number of hydrogen-bond acceptors (Lipinski definition) is 5. The van der Waals surface area contributed by atoms with Crippen molar-refractivity contribution in [3.63, 3.8) is 0 Å². The maximum atomic E-state index is 5.80. The van der Waals surface area contributed by atoms with Crippen LogP contribution in [0.2, 0.25) is 0 Å². The van der Waals surface area contributed by atoms with Crippen LogP contribution in [0.1, 0.15) is 0 Å². The zero-order valence-corrected chi connectivity index (χ0v) is 12.2. The molecule has 0 fully saturated rings. The van der Waals surface area contributed by atoms with Crippen LogP contribution in [0, 0.1) is 0 Å². The number of nitrogens with one attached hydrogen (secondary N) is 1. The van der Waals surface area contributed by atoms with E-state index in [1.54, 1.807) is 11.3 Å². The van der Waals surface area contributed by atoms with Gasteiger partial charge in [0, 0.05) is 19.8 Å². The Labute approximate surface area is 121 Å². The van der Waals surface area contributed by atoms with Crippen LogP contribution >= 0.6 is 11.3 Å². The number of rotatable bonds is 3. The minimum absolute atomic E-state index is 0.765. The highest BCUT2D eigenvalue weighted by molar-refractivity contribution is 7.22. The van der Waals surface area contributed by atoms with Gasteiger partial charge in [0.2, 0.25) is 0 Å². The van der Waals surface area contributed by atoms with Gasteiger partial charge in [-0.3, -0.25) is 0 Å². The first-order chi connectivity index (χ1) is 9.63. The molecule has 0 atom stereocenters. The highest BCUT2D eigenvalue weighted by Crippen LogP contribution is 2.32. The molecule has 0 saturated heterocycles. The topological polar surface area (TPSA) is 54.2 Å². The summed E-state index contributed by atoms with van der Waals surface area (Å²) >= 11 is 1.61. The third kappa shape index (κ3) is 2.40. The van der Waals surface area contributed by atoms with E-state index in [0.717, 1.165) is 32.4 Å². The van der Waals surface area contributed by atoms with Gasteiger partial charge in [-0.2, -0.15) is 0 Å². The lowest BCUT2D eigenvalue weighted by Crippen LogP contribution is -2.10. The second-order valence-electron chi connectivity index (χ2n) is 4.78. The number of fused-ring (bicyclic) bond motifs is 1. The van der Waals surface area contributed by atoms with Crippen LogP contribution in [0.4, 0.5) is 22.2 Å². The van der Waals surface area contributed by atoms with Crippen LogP contribution in [0.3, 0.4) is 0 Å². The van der Waals surface area contributed by atoms with Crippen LogP contribution in [0.15, 0.2) is 42.5 Å². The average Bonchev–Trinajstić information content (AvgIpc) is 2.80. The summed E-state index contributed by atoms with van der Waals surface area (Å²) in [6.45, 7) is 0. The van der Waals surface area contributed by atoms with Gasteiger partial charge in [-0.05, 0) is 30.3 Å². The van der Waals surface area contributed by atoms with Crippen LogP contribution in [0.25, 0.3) is 10.2 Å². The van der Waals surface area contributed by atoms with Gasteiger partial charge in [0.25, 0.3) is 0 Å². The summed E-state index contributed by atoms with van der Waals surface area (Å²) in [7, 11) is 4.05. The summed E-state index contributed by atoms with van der Waals surface area (Å²) < 4.78 is 1.09. The molecular formula is C15H16N4S. The van der Waals surface area contributed by atoms with Crippen molar-refractivity contribution in [2.45, 2.75) is 0 Å². The van der Waals surface area contributed by atoms with E-state index in [9.17, 15) is 0 Å². The van der Waals surface area contributed by atoms with E-state index in [1.807, 2.05) is 44.4 Å². The number of thiazole rings is 1. The smallest absolute Gasteiger partial charge is 0.188 e. The summed E-state index contributed by atoms with van der Waals surface area (Å²) in [6.07, 6.45) is 0. The molecule has 0 spiro atoms. The van der Waals surface area contributed by atoms with Crippen molar-refractivity contribution < 1.29 is 0 Å². The first kappa shape index (κ1) is 12.7. The summed E-state index contributed by atoms with van der Waals surface area (Å²) in [5.74, 6) is 0. The Kier molecular flexibility index (Phi) is 3.20. The zero-order valence-electron chi connectivity index (χ0n) is 11.4. The van der Waals surface area contributed by atoms with Crippen LogP contribution in [-0.4, -0.2) is 19.1 Å². The molecule has 4 nitrogen and oxygen atoms in total. The maximum absolute atomic E-state index is 5.80. The lowest BCUT2D eigenvalue weighted by Gasteiger charge is -2.17. The summed E-state index contributed by atoms with van der Waals surface area (Å²) in [4.78, 5) is 6.66. The molecule has 0 bridgehead atoms. The van der Waals surface area contributed by atoms with E-state index in [1.165, 1.54) is 0 Å². The van der Waals surface area contributed by atoms with Crippen LogP contribution in [-0.2, 0) is 0 Å². The second kappa shape index (κ2) is 5.02. The first-order valence-corrected chi connectivity index (χ1v) is 7.14. The Morgan fingerprint density at radius 3 is 2.75 bits per heavy atom. The van der Waals surface area contributed by atoms with Crippen molar-refractivity contribution in [2.24, 2.45) is 0 Å². The van der Waals surface area contributed by atoms with Crippen LogP contribution < -0.4 is 16.0 Å². The maximum Gasteiger partial charge on any atom is 0.188 e. The SMILES string of the molecule is CN(C)c1ccccc1Nc1nc2ccc(N)cc2s1. The fourth-order valence-corrected chi connectivity index (χ4v) is 3.01. The highest BCUT2D eigenvalue weighted by atomic mass is 32.1. The first-order valence-electron chi connectivity index (χ1n) is 6.33. The zero-order chi connectivity index (χ0) is 14.1. The Morgan fingerprint density at radius 2 is 1.95 bits per heavy atom. The molecule has 3 N–H and O–H groups in total. The highest BCUT2D eigenvalue weighted by Gasteiger charge is 2.08. The van der Waals surface area contributed by atoms with Gasteiger partial charge in [0.1, 0.15) is 0 Å². The average molecular weight is 284 g/mol. The summed E-state index contributed by atoms with van der Waals surface area (Å²) in [6, 6.07) is 13.9. The normalized spacial score (nSPS) is 10.7. The van der Waals surface area contributed by atoms with Gasteiger partial charge >= 0.3 is 0 Å². The molecule has 102 valence electrons. The number of nitrogen functional groups attached to an aromatic ring is 1. The van der Waals surface area contributed by atoms with E-state index in [-0.39, 0.29) is 0 Å². The molecule has 0 amide bonds. The van der Waals surface area contributed by atoms with Crippen molar-refractivity contribution in [1.29, 1.82) is 0 Å². The molecule has 2 aromatic carbocycles. The number of para-hydroxylation sites is 2. The molecule has 1 heterocycles. The second-order valence-corrected chi connectivity index (χ2v) is 5.81.